The molecule has 8 nitrogen and oxygen atoms in total. The molecular formula is C30H28N4O4S. The fourth-order valence-electron chi connectivity index (χ4n) is 4.06. The molecule has 0 spiro atoms. The summed E-state index contributed by atoms with van der Waals surface area (Å²) in [7, 11) is 0. The number of hydrazone groups is 1. The number of aliphatic imine (C=N–C) groups is 1. The average molecular weight is 541 g/mol. The zero-order valence-corrected chi connectivity index (χ0v) is 22.5. The van der Waals surface area contributed by atoms with Crippen molar-refractivity contribution in [3.63, 3.8) is 0 Å². The molecule has 0 saturated heterocycles. The van der Waals surface area contributed by atoms with Crippen molar-refractivity contribution < 1.29 is 19.0 Å². The van der Waals surface area contributed by atoms with Crippen molar-refractivity contribution in [3.05, 3.63) is 95.1 Å². The molecule has 1 N–H and O–H groups in total. The number of amidine groups is 2. The summed E-state index contributed by atoms with van der Waals surface area (Å²) in [5.41, 5.74) is 3.08. The van der Waals surface area contributed by atoms with Gasteiger partial charge in [-0.3, -0.25) is 10.2 Å². The van der Waals surface area contributed by atoms with Crippen molar-refractivity contribution >= 4 is 39.8 Å². The summed E-state index contributed by atoms with van der Waals surface area (Å²) in [6.45, 7) is 5.08. The molecule has 0 bridgehead atoms. The lowest BCUT2D eigenvalue weighted by Crippen LogP contribution is -2.35. The number of carbonyl (C=O) groups is 1. The van der Waals surface area contributed by atoms with Gasteiger partial charge in [0.1, 0.15) is 24.0 Å². The summed E-state index contributed by atoms with van der Waals surface area (Å²) in [5, 5.41) is 15.8. The molecule has 5 rings (SSSR count). The highest BCUT2D eigenvalue weighted by atomic mass is 32.2. The lowest BCUT2D eigenvalue weighted by Gasteiger charge is -2.20. The van der Waals surface area contributed by atoms with Crippen LogP contribution < -0.4 is 14.2 Å². The molecule has 3 aromatic carbocycles. The minimum atomic E-state index is -0.471. The second kappa shape index (κ2) is 12.0. The van der Waals surface area contributed by atoms with E-state index in [1.165, 1.54) is 16.8 Å². The Bertz CT molecular complexity index is 1480. The number of rotatable bonds is 10. The Labute approximate surface area is 231 Å². The van der Waals surface area contributed by atoms with Gasteiger partial charge in [-0.05, 0) is 72.6 Å². The fourth-order valence-corrected chi connectivity index (χ4v) is 4.98. The van der Waals surface area contributed by atoms with Crippen molar-refractivity contribution in [1.29, 1.82) is 5.41 Å². The van der Waals surface area contributed by atoms with Crippen LogP contribution in [0.5, 0.6) is 17.2 Å². The van der Waals surface area contributed by atoms with E-state index in [1.807, 2.05) is 74.5 Å². The summed E-state index contributed by atoms with van der Waals surface area (Å²) >= 11 is 1.32. The average Bonchev–Trinajstić information content (AvgIpc) is 3.33. The molecule has 0 unspecified atom stereocenters. The van der Waals surface area contributed by atoms with E-state index in [1.54, 1.807) is 18.2 Å². The van der Waals surface area contributed by atoms with E-state index in [4.69, 9.17) is 19.6 Å². The molecule has 3 aromatic rings. The van der Waals surface area contributed by atoms with Crippen LogP contribution in [0.15, 0.2) is 88.5 Å². The Morgan fingerprint density at radius 1 is 0.949 bits per heavy atom. The molecule has 0 atom stereocenters. The number of amides is 1. The number of carbonyl (C=O) groups excluding carboxylic acids is 1. The van der Waals surface area contributed by atoms with E-state index in [0.29, 0.717) is 48.5 Å². The quantitative estimate of drug-likeness (QED) is 0.261. The second-order valence-corrected chi connectivity index (χ2v) is 9.87. The zero-order chi connectivity index (χ0) is 27.2. The maximum Gasteiger partial charge on any atom is 0.283 e. The minimum absolute atomic E-state index is 0.00727. The first kappa shape index (κ1) is 26.2. The Morgan fingerprint density at radius 2 is 1.77 bits per heavy atom. The molecule has 2 aliphatic rings. The van der Waals surface area contributed by atoms with Crippen LogP contribution in [0.2, 0.25) is 0 Å². The molecule has 0 aliphatic carbocycles. The monoisotopic (exact) mass is 540 g/mol. The Kier molecular flexibility index (Phi) is 8.07. The van der Waals surface area contributed by atoms with E-state index in [0.717, 1.165) is 21.9 Å². The number of aryl methyl sites for hydroxylation is 1. The highest BCUT2D eigenvalue weighted by Crippen LogP contribution is 2.32. The number of hydrogen-bond donors (Lipinski definition) is 1. The van der Waals surface area contributed by atoms with E-state index in [-0.39, 0.29) is 11.4 Å². The van der Waals surface area contributed by atoms with E-state index < -0.39 is 5.91 Å². The van der Waals surface area contributed by atoms with Crippen LogP contribution in [0.25, 0.3) is 6.08 Å². The highest BCUT2D eigenvalue weighted by molar-refractivity contribution is 8.26. The van der Waals surface area contributed by atoms with Gasteiger partial charge < -0.3 is 14.2 Å². The van der Waals surface area contributed by atoms with Gasteiger partial charge in [0, 0.05) is 6.42 Å². The summed E-state index contributed by atoms with van der Waals surface area (Å²) < 4.78 is 17.5. The number of thioether (sulfide) groups is 1. The second-order valence-electron chi connectivity index (χ2n) is 8.83. The van der Waals surface area contributed by atoms with Crippen molar-refractivity contribution in [2.75, 3.05) is 19.8 Å². The third-order valence-electron chi connectivity index (χ3n) is 5.87. The molecule has 1 amide bonds. The Balaban J connectivity index is 1.28. The predicted molar refractivity (Wildman–Crippen MR) is 155 cm³/mol. The molecule has 198 valence electrons. The maximum absolute atomic E-state index is 12.8. The summed E-state index contributed by atoms with van der Waals surface area (Å²) in [4.78, 5) is 17.0. The van der Waals surface area contributed by atoms with E-state index in [2.05, 4.69) is 10.1 Å². The molecule has 2 aliphatic heterocycles. The SMILES string of the molecule is CCOc1cc(/C=C2/C(=N)N3N=C(Cc4ccccc4)SC3=NC2=O)ccc1OCCOc1cccc(C)c1. The number of ether oxygens (including phenoxy) is 3. The Hall–Kier alpha value is -4.37. The topological polar surface area (TPSA) is 96.6 Å². The lowest BCUT2D eigenvalue weighted by molar-refractivity contribution is -0.114. The highest BCUT2D eigenvalue weighted by Gasteiger charge is 2.35. The van der Waals surface area contributed by atoms with Gasteiger partial charge in [-0.1, -0.05) is 48.5 Å². The molecular weight excluding hydrogens is 512 g/mol. The smallest absolute Gasteiger partial charge is 0.283 e. The number of hydrogen-bond acceptors (Lipinski definition) is 7. The maximum atomic E-state index is 12.8. The molecule has 0 radical (unpaired) electrons. The lowest BCUT2D eigenvalue weighted by atomic mass is 10.1. The number of nitrogens with zero attached hydrogens (tertiary/aromatic N) is 3. The van der Waals surface area contributed by atoms with Crippen LogP contribution in [0.4, 0.5) is 0 Å². The van der Waals surface area contributed by atoms with Crippen molar-refractivity contribution in [2.45, 2.75) is 20.3 Å². The number of nitrogens with one attached hydrogen (secondary N) is 1. The summed E-state index contributed by atoms with van der Waals surface area (Å²) in [5.74, 6) is 1.43. The van der Waals surface area contributed by atoms with Crippen LogP contribution >= 0.6 is 11.8 Å². The van der Waals surface area contributed by atoms with Gasteiger partial charge >= 0.3 is 0 Å². The molecule has 39 heavy (non-hydrogen) atoms. The van der Waals surface area contributed by atoms with Crippen molar-refractivity contribution in [2.24, 2.45) is 10.1 Å². The normalized spacial score (nSPS) is 15.6. The van der Waals surface area contributed by atoms with E-state index >= 15 is 0 Å². The van der Waals surface area contributed by atoms with Crippen LogP contribution in [-0.4, -0.2) is 46.8 Å². The molecule has 9 heteroatoms. The molecule has 0 fully saturated rings. The van der Waals surface area contributed by atoms with Crippen LogP contribution in [0, 0.1) is 12.3 Å². The fraction of sp³-hybridized carbons (Fsp3) is 0.200. The molecule has 0 aromatic heterocycles. The first-order chi connectivity index (χ1) is 19.0. The van der Waals surface area contributed by atoms with Crippen LogP contribution in [0.1, 0.15) is 23.6 Å². The Morgan fingerprint density at radius 3 is 2.56 bits per heavy atom. The van der Waals surface area contributed by atoms with Gasteiger partial charge in [0.25, 0.3) is 5.91 Å². The number of fused-ring (bicyclic) bond motifs is 1. The largest absolute Gasteiger partial charge is 0.490 e. The third-order valence-corrected chi connectivity index (χ3v) is 6.78. The van der Waals surface area contributed by atoms with Crippen LogP contribution in [-0.2, 0) is 11.2 Å². The van der Waals surface area contributed by atoms with Crippen molar-refractivity contribution in [1.82, 2.24) is 5.01 Å². The molecule has 2 heterocycles. The van der Waals surface area contributed by atoms with Gasteiger partial charge in [-0.25, -0.2) is 0 Å². The van der Waals surface area contributed by atoms with Crippen LogP contribution in [0.3, 0.4) is 0 Å². The first-order valence-corrected chi connectivity index (χ1v) is 13.4. The first-order valence-electron chi connectivity index (χ1n) is 12.6. The minimum Gasteiger partial charge on any atom is -0.490 e. The van der Waals surface area contributed by atoms with Gasteiger partial charge in [-0.2, -0.15) is 15.1 Å². The third kappa shape index (κ3) is 6.38. The number of benzene rings is 3. The van der Waals surface area contributed by atoms with Gasteiger partial charge in [0.05, 0.1) is 12.2 Å². The van der Waals surface area contributed by atoms with E-state index in [9.17, 15) is 4.79 Å². The van der Waals surface area contributed by atoms with Gasteiger partial charge in [-0.15, -0.1) is 0 Å². The van der Waals surface area contributed by atoms with Crippen molar-refractivity contribution in [3.8, 4) is 17.2 Å². The summed E-state index contributed by atoms with van der Waals surface area (Å²) in [6, 6.07) is 23.2. The predicted octanol–water partition coefficient (Wildman–Crippen LogP) is 5.71. The van der Waals surface area contributed by atoms with Gasteiger partial charge in [0.15, 0.2) is 17.3 Å². The molecule has 0 saturated carbocycles. The van der Waals surface area contributed by atoms with Gasteiger partial charge in [0.2, 0.25) is 5.17 Å². The standard InChI is InChI=1S/C30H28N4O4S/c1-3-36-26-18-22(12-13-25(26)38-15-14-37-23-11-7-8-20(2)16-23)17-24-28(31)34-30(32-29(24)35)39-27(33-34)19-21-9-5-4-6-10-21/h4-13,16-18,31H,3,14-15,19H2,1-2H3/b24-17-,31-28?. The summed E-state index contributed by atoms with van der Waals surface area (Å²) in [6.07, 6.45) is 2.24. The zero-order valence-electron chi connectivity index (χ0n) is 21.7.